The quantitative estimate of drug-likeness (QED) is 0.635. The number of nitrogens with zero attached hydrogens (tertiary/aromatic N) is 1. The monoisotopic (exact) mass is 170 g/mol. The second-order valence-corrected chi connectivity index (χ2v) is 3.57. The first-order chi connectivity index (χ1) is 5.86. The van der Waals surface area contributed by atoms with Crippen LogP contribution < -0.4 is 0 Å². The molecule has 0 N–H and O–H groups in total. The lowest BCUT2D eigenvalue weighted by Crippen LogP contribution is -2.35. The van der Waals surface area contributed by atoms with Gasteiger partial charge in [0.2, 0.25) is 0 Å². The van der Waals surface area contributed by atoms with E-state index in [0.29, 0.717) is 0 Å². The molecule has 0 amide bonds. The average molecular weight is 170 g/mol. The number of methoxy groups -OCH3 is 1. The summed E-state index contributed by atoms with van der Waals surface area (Å²) < 4.78 is 5.04. The fourth-order valence-corrected chi connectivity index (χ4v) is 1.72. The summed E-state index contributed by atoms with van der Waals surface area (Å²) in [5, 5.41) is 0. The van der Waals surface area contributed by atoms with Gasteiger partial charge in [0.05, 0.1) is 6.61 Å². The third kappa shape index (κ3) is 3.11. The van der Waals surface area contributed by atoms with Crippen LogP contribution in [0.4, 0.5) is 0 Å². The summed E-state index contributed by atoms with van der Waals surface area (Å²) in [5.74, 6) is 0.879. The van der Waals surface area contributed by atoms with Crippen LogP contribution in [0.5, 0.6) is 0 Å². The van der Waals surface area contributed by atoms with Gasteiger partial charge in [-0.15, -0.1) is 0 Å². The maximum Gasteiger partial charge on any atom is 0.0589 e. The Morgan fingerprint density at radius 1 is 1.42 bits per heavy atom. The van der Waals surface area contributed by atoms with E-state index in [0.717, 1.165) is 25.5 Å². The Kier molecular flexibility index (Phi) is 4.62. The molecule has 0 aromatic carbocycles. The lowest BCUT2D eigenvalue weighted by molar-refractivity contribution is 0.120. The molecule has 1 saturated heterocycles. The lowest BCUT2D eigenvalue weighted by Gasteiger charge is -2.31. The van der Waals surface area contributed by atoms with Gasteiger partial charge in [0.25, 0.3) is 0 Å². The van der Waals surface area contributed by atoms with Crippen molar-refractivity contribution < 1.29 is 4.74 Å². The Morgan fingerprint density at radius 3 is 2.58 bits per heavy atom. The Balaban J connectivity index is 2.09. The van der Waals surface area contributed by atoms with Gasteiger partial charge in [0, 0.05) is 13.7 Å². The molecule has 0 atom stereocenters. The first kappa shape index (κ1) is 10.0. The summed E-state index contributed by atoms with van der Waals surface area (Å²) in [5.41, 5.74) is 0. The Morgan fingerprint density at radius 2 is 2.08 bits per heavy atom. The SMILES string of the molecule is [CH2]CC1CCN(CCOC)CC1. The highest BCUT2D eigenvalue weighted by molar-refractivity contribution is 4.72. The van der Waals surface area contributed by atoms with Crippen molar-refractivity contribution in [3.05, 3.63) is 6.92 Å². The minimum Gasteiger partial charge on any atom is -0.383 e. The van der Waals surface area contributed by atoms with Gasteiger partial charge >= 0.3 is 0 Å². The first-order valence-corrected chi connectivity index (χ1v) is 4.87. The number of likely N-dealkylation sites (tertiary alicyclic amines) is 1. The highest BCUT2D eigenvalue weighted by Gasteiger charge is 2.16. The molecule has 1 heterocycles. The van der Waals surface area contributed by atoms with Gasteiger partial charge in [-0.05, 0) is 31.8 Å². The smallest absolute Gasteiger partial charge is 0.0589 e. The summed E-state index contributed by atoms with van der Waals surface area (Å²) >= 11 is 0. The molecule has 0 aliphatic carbocycles. The van der Waals surface area contributed by atoms with Gasteiger partial charge in [-0.25, -0.2) is 0 Å². The summed E-state index contributed by atoms with van der Waals surface area (Å²) in [7, 11) is 1.77. The zero-order chi connectivity index (χ0) is 8.81. The van der Waals surface area contributed by atoms with Crippen molar-refractivity contribution >= 4 is 0 Å². The predicted octanol–water partition coefficient (Wildman–Crippen LogP) is 1.57. The zero-order valence-electron chi connectivity index (χ0n) is 8.09. The van der Waals surface area contributed by atoms with E-state index in [-0.39, 0.29) is 0 Å². The van der Waals surface area contributed by atoms with E-state index in [1.807, 2.05) is 0 Å². The van der Waals surface area contributed by atoms with Gasteiger partial charge in [-0.1, -0.05) is 13.3 Å². The Bertz CT molecular complexity index is 108. The number of hydrogen-bond acceptors (Lipinski definition) is 2. The van der Waals surface area contributed by atoms with E-state index in [4.69, 9.17) is 4.74 Å². The van der Waals surface area contributed by atoms with Crippen LogP contribution in [0.15, 0.2) is 0 Å². The molecule has 0 saturated carbocycles. The molecule has 1 aliphatic heterocycles. The molecule has 12 heavy (non-hydrogen) atoms. The van der Waals surface area contributed by atoms with Crippen molar-refractivity contribution in [3.63, 3.8) is 0 Å². The second kappa shape index (κ2) is 5.55. The molecule has 0 unspecified atom stereocenters. The van der Waals surface area contributed by atoms with Crippen molar-refractivity contribution in [3.8, 4) is 0 Å². The third-order valence-corrected chi connectivity index (χ3v) is 2.73. The van der Waals surface area contributed by atoms with Gasteiger partial charge in [0.15, 0.2) is 0 Å². The van der Waals surface area contributed by atoms with Crippen LogP contribution >= 0.6 is 0 Å². The van der Waals surface area contributed by atoms with Crippen LogP contribution in [-0.4, -0.2) is 38.3 Å². The molecule has 0 spiro atoms. The van der Waals surface area contributed by atoms with E-state index >= 15 is 0 Å². The molecule has 2 heteroatoms. The van der Waals surface area contributed by atoms with Gasteiger partial charge < -0.3 is 9.64 Å². The fraction of sp³-hybridized carbons (Fsp3) is 0.900. The van der Waals surface area contributed by atoms with Crippen LogP contribution in [0.3, 0.4) is 0 Å². The minimum absolute atomic E-state index is 0.870. The highest BCUT2D eigenvalue weighted by atomic mass is 16.5. The van der Waals surface area contributed by atoms with E-state index in [9.17, 15) is 0 Å². The minimum atomic E-state index is 0.870. The standard InChI is InChI=1S/C10H20NO/c1-3-10-4-6-11(7-5-10)8-9-12-2/h10H,1,3-9H2,2H3. The van der Waals surface area contributed by atoms with Crippen molar-refractivity contribution in [2.24, 2.45) is 5.92 Å². The molecule has 71 valence electrons. The lowest BCUT2D eigenvalue weighted by atomic mass is 9.94. The van der Waals surface area contributed by atoms with Crippen LogP contribution in [0.2, 0.25) is 0 Å². The molecule has 1 aliphatic rings. The van der Waals surface area contributed by atoms with Crippen LogP contribution in [0.25, 0.3) is 0 Å². The molecule has 1 radical (unpaired) electrons. The molecule has 1 fully saturated rings. The van der Waals surface area contributed by atoms with Crippen molar-refractivity contribution in [2.75, 3.05) is 33.4 Å². The Labute approximate surface area is 75.9 Å². The van der Waals surface area contributed by atoms with Crippen LogP contribution in [0.1, 0.15) is 19.3 Å². The summed E-state index contributed by atoms with van der Waals surface area (Å²) in [6, 6.07) is 0. The Hall–Kier alpha value is -0.0800. The second-order valence-electron chi connectivity index (χ2n) is 3.57. The normalized spacial score (nSPS) is 21.5. The predicted molar refractivity (Wildman–Crippen MR) is 51.0 cm³/mol. The van der Waals surface area contributed by atoms with E-state index in [1.165, 1.54) is 25.9 Å². The largest absolute Gasteiger partial charge is 0.383 e. The molecule has 0 aromatic heterocycles. The summed E-state index contributed by atoms with van der Waals surface area (Å²) in [4.78, 5) is 2.48. The first-order valence-electron chi connectivity index (χ1n) is 4.87. The van der Waals surface area contributed by atoms with Crippen molar-refractivity contribution in [1.29, 1.82) is 0 Å². The van der Waals surface area contributed by atoms with E-state index < -0.39 is 0 Å². The number of rotatable bonds is 4. The third-order valence-electron chi connectivity index (χ3n) is 2.73. The molecular weight excluding hydrogens is 150 g/mol. The summed E-state index contributed by atoms with van der Waals surface area (Å²) in [6.45, 7) is 8.40. The van der Waals surface area contributed by atoms with Crippen molar-refractivity contribution in [1.82, 2.24) is 4.90 Å². The van der Waals surface area contributed by atoms with Crippen LogP contribution in [-0.2, 0) is 4.74 Å². The van der Waals surface area contributed by atoms with Gasteiger partial charge in [-0.3, -0.25) is 0 Å². The number of piperidine rings is 1. The fourth-order valence-electron chi connectivity index (χ4n) is 1.72. The maximum absolute atomic E-state index is 5.04. The van der Waals surface area contributed by atoms with Gasteiger partial charge in [0.1, 0.15) is 0 Å². The van der Waals surface area contributed by atoms with Crippen LogP contribution in [0, 0.1) is 12.8 Å². The molecule has 2 nitrogen and oxygen atoms in total. The number of hydrogen-bond donors (Lipinski definition) is 0. The molecule has 0 aromatic rings. The highest BCUT2D eigenvalue weighted by Crippen LogP contribution is 2.19. The molecule has 0 bridgehead atoms. The molecule has 1 rings (SSSR count). The maximum atomic E-state index is 5.04. The van der Waals surface area contributed by atoms with Gasteiger partial charge in [-0.2, -0.15) is 0 Å². The average Bonchev–Trinajstić information content (AvgIpc) is 2.15. The van der Waals surface area contributed by atoms with E-state index in [1.54, 1.807) is 7.11 Å². The zero-order valence-corrected chi connectivity index (χ0v) is 8.09. The van der Waals surface area contributed by atoms with E-state index in [2.05, 4.69) is 11.8 Å². The molecular formula is C10H20NO. The summed E-state index contributed by atoms with van der Waals surface area (Å²) in [6.07, 6.45) is 3.76. The topological polar surface area (TPSA) is 12.5 Å². The number of ether oxygens (including phenoxy) is 1. The van der Waals surface area contributed by atoms with Crippen molar-refractivity contribution in [2.45, 2.75) is 19.3 Å².